The van der Waals surface area contributed by atoms with Gasteiger partial charge in [-0.2, -0.15) is 0 Å². The fourth-order valence-corrected chi connectivity index (χ4v) is 3.99. The molecule has 0 radical (unpaired) electrons. The Bertz CT molecular complexity index is 390. The van der Waals surface area contributed by atoms with Crippen LogP contribution in [-0.4, -0.2) is 11.2 Å². The standard InChI is InChI=1S/C17H25IO/c1-13(2)12-17(9-3-4-10-17)16(19)11-14-5-7-15(18)8-6-14/h5-8,13,16,19H,3-4,9-12H2,1-2H3. The average Bonchev–Trinajstić information content (AvgIpc) is 2.81. The van der Waals surface area contributed by atoms with Gasteiger partial charge in [-0.25, -0.2) is 0 Å². The highest BCUT2D eigenvalue weighted by Crippen LogP contribution is 2.46. The Kier molecular flexibility index (Phi) is 5.29. The lowest BCUT2D eigenvalue weighted by Crippen LogP contribution is -2.35. The van der Waals surface area contributed by atoms with Crippen molar-refractivity contribution in [2.24, 2.45) is 11.3 Å². The first kappa shape index (κ1) is 15.3. The van der Waals surface area contributed by atoms with Gasteiger partial charge in [0.2, 0.25) is 0 Å². The number of hydrogen-bond acceptors (Lipinski definition) is 1. The molecule has 1 aliphatic carbocycles. The van der Waals surface area contributed by atoms with Crippen LogP contribution in [0.3, 0.4) is 0 Å². The summed E-state index contributed by atoms with van der Waals surface area (Å²) in [5.74, 6) is 0.671. The van der Waals surface area contributed by atoms with E-state index in [-0.39, 0.29) is 11.5 Å². The third kappa shape index (κ3) is 3.94. The van der Waals surface area contributed by atoms with E-state index in [1.54, 1.807) is 0 Å². The Morgan fingerprint density at radius 1 is 1.16 bits per heavy atom. The van der Waals surface area contributed by atoms with Gasteiger partial charge >= 0.3 is 0 Å². The molecule has 0 aliphatic heterocycles. The highest BCUT2D eigenvalue weighted by molar-refractivity contribution is 14.1. The van der Waals surface area contributed by atoms with Crippen LogP contribution in [0.5, 0.6) is 0 Å². The minimum Gasteiger partial charge on any atom is -0.392 e. The van der Waals surface area contributed by atoms with Gasteiger partial charge < -0.3 is 5.11 Å². The van der Waals surface area contributed by atoms with Crippen LogP contribution in [0, 0.1) is 14.9 Å². The zero-order chi connectivity index (χ0) is 13.9. The molecule has 1 fully saturated rings. The van der Waals surface area contributed by atoms with Crippen molar-refractivity contribution >= 4 is 22.6 Å². The summed E-state index contributed by atoms with van der Waals surface area (Å²) in [5, 5.41) is 10.8. The Labute approximate surface area is 130 Å². The molecule has 2 heteroatoms. The van der Waals surface area contributed by atoms with Gasteiger partial charge in [-0.15, -0.1) is 0 Å². The van der Waals surface area contributed by atoms with Crippen LogP contribution in [0.4, 0.5) is 0 Å². The van der Waals surface area contributed by atoms with E-state index in [9.17, 15) is 5.11 Å². The SMILES string of the molecule is CC(C)CC1(C(O)Cc2ccc(I)cc2)CCCC1. The molecule has 1 nitrogen and oxygen atoms in total. The van der Waals surface area contributed by atoms with E-state index >= 15 is 0 Å². The van der Waals surface area contributed by atoms with Crippen LogP contribution < -0.4 is 0 Å². The van der Waals surface area contributed by atoms with E-state index in [2.05, 4.69) is 60.7 Å². The molecule has 1 aliphatic rings. The molecule has 0 saturated heterocycles. The summed E-state index contributed by atoms with van der Waals surface area (Å²) in [6.07, 6.45) is 6.78. The van der Waals surface area contributed by atoms with Crippen LogP contribution in [0.1, 0.15) is 51.5 Å². The zero-order valence-electron chi connectivity index (χ0n) is 12.0. The fraction of sp³-hybridized carbons (Fsp3) is 0.647. The second kappa shape index (κ2) is 6.57. The minimum absolute atomic E-state index is 0.178. The van der Waals surface area contributed by atoms with Crippen molar-refractivity contribution in [1.29, 1.82) is 0 Å². The van der Waals surface area contributed by atoms with E-state index in [4.69, 9.17) is 0 Å². The predicted molar refractivity (Wildman–Crippen MR) is 89.2 cm³/mol. The fourth-order valence-electron chi connectivity index (χ4n) is 3.63. The lowest BCUT2D eigenvalue weighted by atomic mass is 9.72. The Morgan fingerprint density at radius 3 is 2.26 bits per heavy atom. The predicted octanol–water partition coefficient (Wildman–Crippen LogP) is 4.80. The second-order valence-electron chi connectivity index (χ2n) is 6.51. The molecule has 0 bridgehead atoms. The molecule has 1 unspecified atom stereocenters. The number of aliphatic hydroxyl groups excluding tert-OH is 1. The number of rotatable bonds is 5. The smallest absolute Gasteiger partial charge is 0.0636 e. The first-order valence-corrected chi connectivity index (χ1v) is 8.52. The van der Waals surface area contributed by atoms with E-state index in [1.165, 1.54) is 41.2 Å². The van der Waals surface area contributed by atoms with Crippen LogP contribution >= 0.6 is 22.6 Å². The summed E-state index contributed by atoms with van der Waals surface area (Å²) < 4.78 is 1.26. The van der Waals surface area contributed by atoms with Crippen molar-refractivity contribution in [3.63, 3.8) is 0 Å². The van der Waals surface area contributed by atoms with Crippen molar-refractivity contribution in [3.05, 3.63) is 33.4 Å². The lowest BCUT2D eigenvalue weighted by molar-refractivity contribution is 0.0134. The Balaban J connectivity index is 2.07. The topological polar surface area (TPSA) is 20.2 Å². The second-order valence-corrected chi connectivity index (χ2v) is 7.76. The molecule has 1 N–H and O–H groups in total. The van der Waals surface area contributed by atoms with Crippen molar-refractivity contribution in [1.82, 2.24) is 0 Å². The largest absolute Gasteiger partial charge is 0.392 e. The molecule has 19 heavy (non-hydrogen) atoms. The van der Waals surface area contributed by atoms with E-state index in [0.717, 1.165) is 6.42 Å². The van der Waals surface area contributed by atoms with Gasteiger partial charge in [0.1, 0.15) is 0 Å². The minimum atomic E-state index is -0.183. The molecular weight excluding hydrogens is 347 g/mol. The van der Waals surface area contributed by atoms with Crippen LogP contribution in [-0.2, 0) is 6.42 Å². The molecule has 2 rings (SSSR count). The van der Waals surface area contributed by atoms with E-state index in [0.29, 0.717) is 5.92 Å². The van der Waals surface area contributed by atoms with Gasteiger partial charge in [-0.05, 0) is 77.3 Å². The van der Waals surface area contributed by atoms with Crippen LogP contribution in [0.2, 0.25) is 0 Å². The normalized spacial score (nSPS) is 19.8. The van der Waals surface area contributed by atoms with Gasteiger partial charge in [0, 0.05) is 3.57 Å². The van der Waals surface area contributed by atoms with Crippen LogP contribution in [0.25, 0.3) is 0 Å². The van der Waals surface area contributed by atoms with Gasteiger partial charge in [-0.3, -0.25) is 0 Å². The quantitative estimate of drug-likeness (QED) is 0.736. The molecule has 1 atom stereocenters. The molecule has 1 aromatic rings. The maximum absolute atomic E-state index is 10.8. The van der Waals surface area contributed by atoms with Crippen molar-refractivity contribution < 1.29 is 5.11 Å². The van der Waals surface area contributed by atoms with Gasteiger partial charge in [0.15, 0.2) is 0 Å². The number of benzene rings is 1. The molecule has 0 spiro atoms. The molecule has 1 aromatic carbocycles. The van der Waals surface area contributed by atoms with Gasteiger partial charge in [-0.1, -0.05) is 38.8 Å². The molecule has 0 heterocycles. The summed E-state index contributed by atoms with van der Waals surface area (Å²) >= 11 is 2.32. The molecule has 1 saturated carbocycles. The average molecular weight is 372 g/mol. The summed E-state index contributed by atoms with van der Waals surface area (Å²) in [6, 6.07) is 8.57. The maximum Gasteiger partial charge on any atom is 0.0636 e. The monoisotopic (exact) mass is 372 g/mol. The first-order valence-electron chi connectivity index (χ1n) is 7.44. The van der Waals surface area contributed by atoms with Crippen LogP contribution in [0.15, 0.2) is 24.3 Å². The highest BCUT2D eigenvalue weighted by atomic mass is 127. The third-order valence-electron chi connectivity index (χ3n) is 4.46. The summed E-state index contributed by atoms with van der Waals surface area (Å²) in [7, 11) is 0. The summed E-state index contributed by atoms with van der Waals surface area (Å²) in [4.78, 5) is 0. The van der Waals surface area contributed by atoms with Crippen molar-refractivity contribution in [2.75, 3.05) is 0 Å². The zero-order valence-corrected chi connectivity index (χ0v) is 14.2. The van der Waals surface area contributed by atoms with Gasteiger partial charge in [0.05, 0.1) is 6.10 Å². The third-order valence-corrected chi connectivity index (χ3v) is 5.18. The van der Waals surface area contributed by atoms with Crippen molar-refractivity contribution in [2.45, 2.75) is 58.5 Å². The van der Waals surface area contributed by atoms with E-state index in [1.807, 2.05) is 0 Å². The van der Waals surface area contributed by atoms with E-state index < -0.39 is 0 Å². The molecule has 0 aromatic heterocycles. The summed E-state index contributed by atoms with van der Waals surface area (Å²) in [6.45, 7) is 4.55. The first-order chi connectivity index (χ1) is 9.02. The molecule has 106 valence electrons. The Hall–Kier alpha value is -0.0900. The van der Waals surface area contributed by atoms with Crippen molar-refractivity contribution in [3.8, 4) is 0 Å². The number of halogens is 1. The number of aliphatic hydroxyl groups is 1. The lowest BCUT2D eigenvalue weighted by Gasteiger charge is -2.36. The molecule has 0 amide bonds. The summed E-state index contributed by atoms with van der Waals surface area (Å²) in [5.41, 5.74) is 1.44. The molecular formula is C17H25IO. The Morgan fingerprint density at radius 2 is 1.74 bits per heavy atom. The van der Waals surface area contributed by atoms with Gasteiger partial charge in [0.25, 0.3) is 0 Å². The number of hydrogen-bond donors (Lipinski definition) is 1. The maximum atomic E-state index is 10.8. The highest BCUT2D eigenvalue weighted by Gasteiger charge is 2.40.